The molecule has 0 bridgehead atoms. The molecule has 0 unspecified atom stereocenters. The van der Waals surface area contributed by atoms with Gasteiger partial charge in [-0.25, -0.2) is 0 Å². The van der Waals surface area contributed by atoms with Crippen molar-refractivity contribution in [2.45, 2.75) is 13.2 Å². The molecular formula is C12H11ClN2O2. The molecule has 1 aromatic heterocycles. The number of halogens is 1. The minimum atomic E-state index is -0.00203. The van der Waals surface area contributed by atoms with Crippen molar-refractivity contribution in [2.24, 2.45) is 0 Å². The second-order valence-electron chi connectivity index (χ2n) is 3.44. The van der Waals surface area contributed by atoms with Gasteiger partial charge in [0, 0.05) is 0 Å². The molecule has 0 aliphatic rings. The van der Waals surface area contributed by atoms with Crippen molar-refractivity contribution in [3.05, 3.63) is 52.8 Å². The van der Waals surface area contributed by atoms with Gasteiger partial charge < -0.3 is 9.84 Å². The number of aromatic nitrogens is 2. The molecule has 1 aromatic carbocycles. The summed E-state index contributed by atoms with van der Waals surface area (Å²) in [4.78, 5) is 0. The Labute approximate surface area is 104 Å². The van der Waals surface area contributed by atoms with Gasteiger partial charge in [-0.15, -0.1) is 5.10 Å². The number of ether oxygens (including phenoxy) is 1. The van der Waals surface area contributed by atoms with E-state index >= 15 is 0 Å². The molecule has 1 heterocycles. The Morgan fingerprint density at radius 3 is 2.76 bits per heavy atom. The number of nitrogens with zero attached hydrogens (tertiary/aromatic N) is 2. The third kappa shape index (κ3) is 3.41. The summed E-state index contributed by atoms with van der Waals surface area (Å²) >= 11 is 5.63. The van der Waals surface area contributed by atoms with Crippen molar-refractivity contribution >= 4 is 11.6 Å². The second kappa shape index (κ2) is 5.61. The molecule has 2 aromatic rings. The summed E-state index contributed by atoms with van der Waals surface area (Å²) in [5.74, 6) is 0.688. The van der Waals surface area contributed by atoms with Crippen LogP contribution in [0.2, 0.25) is 5.15 Å². The van der Waals surface area contributed by atoms with Crippen LogP contribution < -0.4 is 4.74 Å². The zero-order chi connectivity index (χ0) is 12.1. The highest BCUT2D eigenvalue weighted by molar-refractivity contribution is 6.29. The molecule has 5 heteroatoms. The van der Waals surface area contributed by atoms with Crippen molar-refractivity contribution in [3.8, 4) is 5.75 Å². The van der Waals surface area contributed by atoms with Gasteiger partial charge in [0.05, 0.1) is 6.61 Å². The lowest BCUT2D eigenvalue weighted by Crippen LogP contribution is -1.99. The fourth-order valence-corrected chi connectivity index (χ4v) is 1.41. The Kier molecular flexibility index (Phi) is 3.90. The van der Waals surface area contributed by atoms with E-state index in [1.54, 1.807) is 18.2 Å². The minimum Gasteiger partial charge on any atom is -0.487 e. The summed E-state index contributed by atoms with van der Waals surface area (Å²) in [5.41, 5.74) is 1.51. The zero-order valence-corrected chi connectivity index (χ0v) is 9.76. The highest BCUT2D eigenvalue weighted by Crippen LogP contribution is 2.14. The summed E-state index contributed by atoms with van der Waals surface area (Å²) in [5, 5.41) is 16.9. The molecular weight excluding hydrogens is 240 g/mol. The van der Waals surface area contributed by atoms with E-state index in [1.165, 1.54) is 0 Å². The molecule has 0 aliphatic heterocycles. The van der Waals surface area contributed by atoms with Crippen LogP contribution in [0.1, 0.15) is 11.3 Å². The summed E-state index contributed by atoms with van der Waals surface area (Å²) in [6.45, 7) is 0.316. The van der Waals surface area contributed by atoms with E-state index in [2.05, 4.69) is 10.2 Å². The maximum absolute atomic E-state index is 8.99. The topological polar surface area (TPSA) is 55.2 Å². The van der Waals surface area contributed by atoms with Gasteiger partial charge in [0.1, 0.15) is 18.1 Å². The van der Waals surface area contributed by atoms with Crippen molar-refractivity contribution in [1.29, 1.82) is 0 Å². The van der Waals surface area contributed by atoms with Crippen LogP contribution >= 0.6 is 11.6 Å². The Balaban J connectivity index is 1.99. The zero-order valence-electron chi connectivity index (χ0n) is 9.01. The number of rotatable bonds is 4. The summed E-state index contributed by atoms with van der Waals surface area (Å²) in [7, 11) is 0. The largest absolute Gasteiger partial charge is 0.487 e. The van der Waals surface area contributed by atoms with Gasteiger partial charge in [-0.2, -0.15) is 5.10 Å². The normalized spacial score (nSPS) is 10.2. The van der Waals surface area contributed by atoms with E-state index in [-0.39, 0.29) is 6.61 Å². The molecule has 0 fully saturated rings. The van der Waals surface area contributed by atoms with Crippen molar-refractivity contribution in [3.63, 3.8) is 0 Å². The number of aliphatic hydroxyl groups is 1. The SMILES string of the molecule is OCc1cccc(OCc2ccc(Cl)nn2)c1. The maximum atomic E-state index is 8.99. The van der Waals surface area contributed by atoms with Crippen molar-refractivity contribution in [1.82, 2.24) is 10.2 Å². The van der Waals surface area contributed by atoms with Crippen LogP contribution in [-0.4, -0.2) is 15.3 Å². The molecule has 0 saturated heterocycles. The summed E-state index contributed by atoms with van der Waals surface area (Å²) in [6.07, 6.45) is 0. The third-order valence-electron chi connectivity index (χ3n) is 2.15. The molecule has 17 heavy (non-hydrogen) atoms. The standard InChI is InChI=1S/C12H11ClN2O2/c13-12-5-4-10(14-15-12)8-17-11-3-1-2-9(6-11)7-16/h1-6,16H,7-8H2. The van der Waals surface area contributed by atoms with Crippen LogP contribution in [0.15, 0.2) is 36.4 Å². The first-order valence-electron chi connectivity index (χ1n) is 5.08. The maximum Gasteiger partial charge on any atom is 0.151 e. The highest BCUT2D eigenvalue weighted by Gasteiger charge is 1.99. The first-order chi connectivity index (χ1) is 8.28. The van der Waals surface area contributed by atoms with Gasteiger partial charge in [0.25, 0.3) is 0 Å². The molecule has 1 N–H and O–H groups in total. The van der Waals surface area contributed by atoms with E-state index in [1.807, 2.05) is 18.2 Å². The van der Waals surface area contributed by atoms with Crippen LogP contribution in [0.5, 0.6) is 5.75 Å². The molecule has 0 amide bonds. The van der Waals surface area contributed by atoms with Gasteiger partial charge in [0.15, 0.2) is 5.15 Å². The third-order valence-corrected chi connectivity index (χ3v) is 2.36. The van der Waals surface area contributed by atoms with Crippen molar-refractivity contribution in [2.75, 3.05) is 0 Å². The van der Waals surface area contributed by atoms with Crippen molar-refractivity contribution < 1.29 is 9.84 Å². The molecule has 2 rings (SSSR count). The minimum absolute atomic E-state index is 0.00203. The predicted molar refractivity (Wildman–Crippen MR) is 63.7 cm³/mol. The first-order valence-corrected chi connectivity index (χ1v) is 5.46. The number of hydrogen-bond donors (Lipinski definition) is 1. The number of benzene rings is 1. The van der Waals surface area contributed by atoms with Crippen LogP contribution in [-0.2, 0) is 13.2 Å². The quantitative estimate of drug-likeness (QED) is 0.904. The highest BCUT2D eigenvalue weighted by atomic mass is 35.5. The smallest absolute Gasteiger partial charge is 0.151 e. The van der Waals surface area contributed by atoms with E-state index in [4.69, 9.17) is 21.4 Å². The summed E-state index contributed by atoms with van der Waals surface area (Å²) < 4.78 is 5.52. The van der Waals surface area contributed by atoms with E-state index in [0.717, 1.165) is 5.56 Å². The number of aliphatic hydroxyl groups excluding tert-OH is 1. The van der Waals surface area contributed by atoms with Gasteiger partial charge in [-0.1, -0.05) is 23.7 Å². The van der Waals surface area contributed by atoms with E-state index in [9.17, 15) is 0 Å². The van der Waals surface area contributed by atoms with E-state index < -0.39 is 0 Å². The molecule has 0 radical (unpaired) electrons. The monoisotopic (exact) mass is 250 g/mol. The van der Waals surface area contributed by atoms with Gasteiger partial charge in [-0.3, -0.25) is 0 Å². The van der Waals surface area contributed by atoms with Crippen LogP contribution in [0.3, 0.4) is 0 Å². The van der Waals surface area contributed by atoms with Gasteiger partial charge in [0.2, 0.25) is 0 Å². The Hall–Kier alpha value is -1.65. The molecule has 0 aliphatic carbocycles. The first kappa shape index (κ1) is 11.8. The lowest BCUT2D eigenvalue weighted by atomic mass is 10.2. The molecule has 0 spiro atoms. The van der Waals surface area contributed by atoms with E-state index in [0.29, 0.717) is 23.2 Å². The van der Waals surface area contributed by atoms with Crippen LogP contribution in [0, 0.1) is 0 Å². The average molecular weight is 251 g/mol. The Morgan fingerprint density at radius 1 is 1.18 bits per heavy atom. The van der Waals surface area contributed by atoms with Gasteiger partial charge in [-0.05, 0) is 29.8 Å². The molecule has 0 atom stereocenters. The van der Waals surface area contributed by atoms with Crippen LogP contribution in [0.4, 0.5) is 0 Å². The Morgan fingerprint density at radius 2 is 2.06 bits per heavy atom. The van der Waals surface area contributed by atoms with Crippen LogP contribution in [0.25, 0.3) is 0 Å². The predicted octanol–water partition coefficient (Wildman–Crippen LogP) is 2.20. The lowest BCUT2D eigenvalue weighted by molar-refractivity contribution is 0.277. The average Bonchev–Trinajstić information content (AvgIpc) is 2.38. The lowest BCUT2D eigenvalue weighted by Gasteiger charge is -2.06. The molecule has 0 saturated carbocycles. The second-order valence-corrected chi connectivity index (χ2v) is 3.83. The fraction of sp³-hybridized carbons (Fsp3) is 0.167. The number of hydrogen-bond acceptors (Lipinski definition) is 4. The fourth-order valence-electron chi connectivity index (χ4n) is 1.31. The summed E-state index contributed by atoms with van der Waals surface area (Å²) in [6, 6.07) is 10.7. The molecule has 88 valence electrons. The van der Waals surface area contributed by atoms with Gasteiger partial charge >= 0.3 is 0 Å². The molecule has 4 nitrogen and oxygen atoms in total. The Bertz CT molecular complexity index is 488.